The molecule has 0 unspecified atom stereocenters. The molecule has 0 radical (unpaired) electrons. The molecule has 1 aliphatic heterocycles. The van der Waals surface area contributed by atoms with E-state index in [9.17, 15) is 0 Å². The summed E-state index contributed by atoms with van der Waals surface area (Å²) >= 11 is 0. The summed E-state index contributed by atoms with van der Waals surface area (Å²) in [6, 6.07) is 9.03. The number of rotatable bonds is 3. The molecule has 1 saturated carbocycles. The predicted molar refractivity (Wildman–Crippen MR) is 81.1 cm³/mol. The maximum Gasteiger partial charge on any atom is 0.138 e. The van der Waals surface area contributed by atoms with Gasteiger partial charge in [0, 0.05) is 37.2 Å². The second-order valence-electron chi connectivity index (χ2n) is 6.09. The summed E-state index contributed by atoms with van der Waals surface area (Å²) in [5, 5.41) is 0. The fourth-order valence-electron chi connectivity index (χ4n) is 3.30. The number of fused-ring (bicyclic) bond motifs is 1. The summed E-state index contributed by atoms with van der Waals surface area (Å²) in [5.41, 5.74) is 1.40. The van der Waals surface area contributed by atoms with E-state index >= 15 is 0 Å². The predicted octanol–water partition coefficient (Wildman–Crippen LogP) is 2.70. The lowest BCUT2D eigenvalue weighted by atomic mass is 9.91. The van der Waals surface area contributed by atoms with Gasteiger partial charge < -0.3 is 9.30 Å². The van der Waals surface area contributed by atoms with Gasteiger partial charge in [-0.1, -0.05) is 6.42 Å². The van der Waals surface area contributed by atoms with E-state index < -0.39 is 0 Å². The van der Waals surface area contributed by atoms with Gasteiger partial charge in [-0.15, -0.1) is 0 Å². The number of ether oxygens (including phenoxy) is 1. The van der Waals surface area contributed by atoms with Crippen LogP contribution in [0, 0.1) is 0 Å². The molecule has 4 heteroatoms. The summed E-state index contributed by atoms with van der Waals surface area (Å²) in [7, 11) is 0. The Balaban J connectivity index is 1.55. The fourth-order valence-corrected chi connectivity index (χ4v) is 3.30. The van der Waals surface area contributed by atoms with Crippen molar-refractivity contribution in [1.29, 1.82) is 0 Å². The van der Waals surface area contributed by atoms with Crippen LogP contribution in [0.3, 0.4) is 0 Å². The summed E-state index contributed by atoms with van der Waals surface area (Å²) in [6.45, 7) is 2.96. The molecular formula is C17H21N3O. The van der Waals surface area contributed by atoms with Crippen LogP contribution in [0.4, 0.5) is 0 Å². The molecule has 1 fully saturated rings. The standard InChI is InChI=1S/C17H21N3O/c1-4-14(5-1)20-11-15-6-3-9-19(15)12-17(13-20)21-16-7-2-8-18-10-16/h2-3,6-10,14,17H,1,4-5,11-13H2/t17-/m0/s1. The zero-order valence-corrected chi connectivity index (χ0v) is 12.2. The first-order chi connectivity index (χ1) is 10.4. The van der Waals surface area contributed by atoms with Crippen molar-refractivity contribution in [3.8, 4) is 5.75 Å². The lowest BCUT2D eigenvalue weighted by Gasteiger charge is -2.37. The van der Waals surface area contributed by atoms with Gasteiger partial charge in [0.2, 0.25) is 0 Å². The Morgan fingerprint density at radius 1 is 1.14 bits per heavy atom. The number of hydrogen-bond acceptors (Lipinski definition) is 3. The Labute approximate surface area is 125 Å². The maximum atomic E-state index is 6.19. The van der Waals surface area contributed by atoms with Gasteiger partial charge in [-0.25, -0.2) is 0 Å². The van der Waals surface area contributed by atoms with E-state index in [0.29, 0.717) is 0 Å². The summed E-state index contributed by atoms with van der Waals surface area (Å²) in [5.74, 6) is 0.867. The summed E-state index contributed by atoms with van der Waals surface area (Å²) in [6.07, 6.45) is 9.97. The van der Waals surface area contributed by atoms with Crippen LogP contribution in [0.15, 0.2) is 42.9 Å². The first-order valence-electron chi connectivity index (χ1n) is 7.83. The Bertz CT molecular complexity index is 591. The van der Waals surface area contributed by atoms with Crippen molar-refractivity contribution in [3.05, 3.63) is 48.5 Å². The smallest absolute Gasteiger partial charge is 0.138 e. The lowest BCUT2D eigenvalue weighted by molar-refractivity contribution is 0.0677. The van der Waals surface area contributed by atoms with Crippen LogP contribution in [0.1, 0.15) is 25.0 Å². The summed E-state index contributed by atoms with van der Waals surface area (Å²) < 4.78 is 8.52. The Morgan fingerprint density at radius 2 is 2.10 bits per heavy atom. The second-order valence-corrected chi connectivity index (χ2v) is 6.09. The molecule has 4 rings (SSSR count). The van der Waals surface area contributed by atoms with E-state index in [1.165, 1.54) is 25.0 Å². The van der Waals surface area contributed by atoms with Gasteiger partial charge in [0.15, 0.2) is 0 Å². The lowest BCUT2D eigenvalue weighted by Crippen LogP contribution is -2.44. The highest BCUT2D eigenvalue weighted by Crippen LogP contribution is 2.28. The number of aromatic nitrogens is 2. The van der Waals surface area contributed by atoms with Crippen molar-refractivity contribution in [2.45, 2.75) is 44.5 Å². The van der Waals surface area contributed by atoms with Crippen LogP contribution in [0.25, 0.3) is 0 Å². The third-order valence-corrected chi connectivity index (χ3v) is 4.66. The zero-order chi connectivity index (χ0) is 14.1. The quantitative estimate of drug-likeness (QED) is 0.867. The van der Waals surface area contributed by atoms with E-state index in [1.807, 2.05) is 12.1 Å². The monoisotopic (exact) mass is 283 g/mol. The molecule has 2 aromatic rings. The molecule has 0 bridgehead atoms. The highest BCUT2D eigenvalue weighted by molar-refractivity contribution is 5.16. The molecule has 0 saturated heterocycles. The SMILES string of the molecule is c1cncc(O[C@@H]2CN(C3CCC3)Cc3cccn3C2)c1. The van der Waals surface area contributed by atoms with Crippen LogP contribution in [0.5, 0.6) is 5.75 Å². The molecule has 0 aromatic carbocycles. The van der Waals surface area contributed by atoms with Gasteiger partial charge in [0.25, 0.3) is 0 Å². The number of nitrogens with zero attached hydrogens (tertiary/aromatic N) is 3. The molecule has 1 atom stereocenters. The minimum atomic E-state index is 0.184. The molecule has 3 heterocycles. The summed E-state index contributed by atoms with van der Waals surface area (Å²) in [4.78, 5) is 6.74. The second kappa shape index (κ2) is 5.53. The van der Waals surface area contributed by atoms with Gasteiger partial charge >= 0.3 is 0 Å². The van der Waals surface area contributed by atoms with Crippen LogP contribution in [-0.2, 0) is 13.1 Å². The van der Waals surface area contributed by atoms with Crippen molar-refractivity contribution in [2.75, 3.05) is 6.54 Å². The van der Waals surface area contributed by atoms with Gasteiger partial charge in [-0.3, -0.25) is 9.88 Å². The first-order valence-corrected chi connectivity index (χ1v) is 7.83. The molecule has 0 N–H and O–H groups in total. The van der Waals surface area contributed by atoms with Crippen LogP contribution in [0.2, 0.25) is 0 Å². The Hall–Kier alpha value is -1.81. The largest absolute Gasteiger partial charge is 0.486 e. The third kappa shape index (κ3) is 2.68. The molecule has 2 aromatic heterocycles. The van der Waals surface area contributed by atoms with E-state index in [-0.39, 0.29) is 6.10 Å². The number of pyridine rings is 1. The molecule has 0 amide bonds. The van der Waals surface area contributed by atoms with Crippen molar-refractivity contribution in [1.82, 2.24) is 14.5 Å². The third-order valence-electron chi connectivity index (χ3n) is 4.66. The van der Waals surface area contributed by atoms with Crippen molar-refractivity contribution >= 4 is 0 Å². The molecule has 110 valence electrons. The van der Waals surface area contributed by atoms with Crippen LogP contribution in [-0.4, -0.2) is 33.1 Å². The normalized spacial score (nSPS) is 23.1. The average Bonchev–Trinajstić information content (AvgIpc) is 2.78. The van der Waals surface area contributed by atoms with E-state index in [4.69, 9.17) is 4.74 Å². The van der Waals surface area contributed by atoms with Crippen LogP contribution < -0.4 is 4.74 Å². The molecular weight excluding hydrogens is 262 g/mol. The maximum absolute atomic E-state index is 6.19. The van der Waals surface area contributed by atoms with E-state index in [1.54, 1.807) is 12.4 Å². The molecule has 2 aliphatic rings. The van der Waals surface area contributed by atoms with Gasteiger partial charge in [-0.05, 0) is 37.1 Å². The first kappa shape index (κ1) is 12.9. The Morgan fingerprint density at radius 3 is 2.86 bits per heavy atom. The van der Waals surface area contributed by atoms with Gasteiger partial charge in [-0.2, -0.15) is 0 Å². The average molecular weight is 283 g/mol. The fraction of sp³-hybridized carbons (Fsp3) is 0.471. The van der Waals surface area contributed by atoms with E-state index in [0.717, 1.165) is 31.4 Å². The number of hydrogen-bond donors (Lipinski definition) is 0. The Kier molecular flexibility index (Phi) is 3.39. The molecule has 1 aliphatic carbocycles. The van der Waals surface area contributed by atoms with Gasteiger partial charge in [0.05, 0.1) is 12.7 Å². The van der Waals surface area contributed by atoms with E-state index in [2.05, 4.69) is 32.8 Å². The highest BCUT2D eigenvalue weighted by Gasteiger charge is 2.30. The topological polar surface area (TPSA) is 30.3 Å². The highest BCUT2D eigenvalue weighted by atomic mass is 16.5. The molecule has 21 heavy (non-hydrogen) atoms. The van der Waals surface area contributed by atoms with Gasteiger partial charge in [0.1, 0.15) is 11.9 Å². The zero-order valence-electron chi connectivity index (χ0n) is 12.2. The van der Waals surface area contributed by atoms with Crippen LogP contribution >= 0.6 is 0 Å². The van der Waals surface area contributed by atoms with Crippen molar-refractivity contribution < 1.29 is 4.74 Å². The molecule has 0 spiro atoms. The minimum absolute atomic E-state index is 0.184. The minimum Gasteiger partial charge on any atom is -0.486 e. The van der Waals surface area contributed by atoms with Crippen molar-refractivity contribution in [2.24, 2.45) is 0 Å². The molecule has 4 nitrogen and oxygen atoms in total. The van der Waals surface area contributed by atoms with Crippen molar-refractivity contribution in [3.63, 3.8) is 0 Å².